The molecule has 3 rings (SSSR count). The van der Waals surface area contributed by atoms with Crippen LogP contribution in [0.4, 0.5) is 15.9 Å². The van der Waals surface area contributed by atoms with Gasteiger partial charge in [-0.3, -0.25) is 9.78 Å². The van der Waals surface area contributed by atoms with Crippen molar-refractivity contribution in [2.75, 3.05) is 10.6 Å². The molecule has 1 aromatic heterocycles. The number of benzene rings is 2. The maximum atomic E-state index is 12.9. The molecule has 1 heterocycles. The van der Waals surface area contributed by atoms with Gasteiger partial charge in [-0.2, -0.15) is 0 Å². The van der Waals surface area contributed by atoms with E-state index < -0.39 is 0 Å². The van der Waals surface area contributed by atoms with Gasteiger partial charge in [-0.25, -0.2) is 9.37 Å². The van der Waals surface area contributed by atoms with Gasteiger partial charge < -0.3 is 10.6 Å². The summed E-state index contributed by atoms with van der Waals surface area (Å²) in [6.07, 6.45) is 3.37. The van der Waals surface area contributed by atoms with Crippen molar-refractivity contribution in [1.29, 1.82) is 0 Å². The van der Waals surface area contributed by atoms with Crippen molar-refractivity contribution in [3.05, 3.63) is 83.6 Å². The third-order valence-electron chi connectivity index (χ3n) is 3.55. The number of rotatable bonds is 5. The number of anilines is 2. The fourth-order valence-corrected chi connectivity index (χ4v) is 2.25. The zero-order valence-corrected chi connectivity index (χ0v) is 13.7. The number of halogens is 1. The van der Waals surface area contributed by atoms with Gasteiger partial charge in [-0.15, -0.1) is 0 Å². The number of aryl methyl sites for hydroxylation is 1. The molecule has 3 aromatic rings. The molecule has 0 saturated heterocycles. The van der Waals surface area contributed by atoms with E-state index in [4.69, 9.17) is 0 Å². The van der Waals surface area contributed by atoms with Crippen molar-refractivity contribution < 1.29 is 9.18 Å². The second-order valence-electron chi connectivity index (χ2n) is 5.56. The lowest BCUT2D eigenvalue weighted by Gasteiger charge is -2.08. The highest BCUT2D eigenvalue weighted by atomic mass is 19.1. The van der Waals surface area contributed by atoms with Crippen LogP contribution in [0.25, 0.3) is 0 Å². The Morgan fingerprint density at radius 2 is 1.76 bits per heavy atom. The van der Waals surface area contributed by atoms with Crippen LogP contribution in [0.15, 0.2) is 60.9 Å². The molecule has 1 amide bonds. The lowest BCUT2D eigenvalue weighted by atomic mass is 10.2. The Labute approximate surface area is 145 Å². The monoisotopic (exact) mass is 336 g/mol. The third-order valence-corrected chi connectivity index (χ3v) is 3.55. The second-order valence-corrected chi connectivity index (χ2v) is 5.56. The average Bonchev–Trinajstić information content (AvgIpc) is 2.62. The Bertz CT molecular complexity index is 863. The van der Waals surface area contributed by atoms with Crippen LogP contribution in [0.2, 0.25) is 0 Å². The fourth-order valence-electron chi connectivity index (χ4n) is 2.25. The zero-order valence-electron chi connectivity index (χ0n) is 13.7. The van der Waals surface area contributed by atoms with Crippen LogP contribution in [0.1, 0.15) is 21.6 Å². The van der Waals surface area contributed by atoms with E-state index in [-0.39, 0.29) is 11.7 Å². The average molecular weight is 336 g/mol. The van der Waals surface area contributed by atoms with Gasteiger partial charge in [0, 0.05) is 24.0 Å². The first-order chi connectivity index (χ1) is 12.1. The van der Waals surface area contributed by atoms with Crippen molar-refractivity contribution in [2.45, 2.75) is 13.5 Å². The number of carbonyl (C=O) groups excluding carboxylic acids is 1. The number of nitrogens with one attached hydrogen (secondary N) is 2. The van der Waals surface area contributed by atoms with Crippen LogP contribution in [-0.2, 0) is 6.54 Å². The van der Waals surface area contributed by atoms with Crippen LogP contribution < -0.4 is 10.6 Å². The highest BCUT2D eigenvalue weighted by Gasteiger charge is 2.06. The quantitative estimate of drug-likeness (QED) is 0.744. The third kappa shape index (κ3) is 4.60. The molecule has 0 radical (unpaired) electrons. The minimum atomic E-state index is -0.369. The molecule has 5 nitrogen and oxygen atoms in total. The van der Waals surface area contributed by atoms with Gasteiger partial charge in [0.2, 0.25) is 0 Å². The summed E-state index contributed by atoms with van der Waals surface area (Å²) in [4.78, 5) is 20.5. The summed E-state index contributed by atoms with van der Waals surface area (Å²) < 4.78 is 12.9. The van der Waals surface area contributed by atoms with E-state index in [1.165, 1.54) is 24.3 Å². The Hall–Kier alpha value is -3.28. The van der Waals surface area contributed by atoms with Crippen LogP contribution >= 0.6 is 0 Å². The Morgan fingerprint density at radius 1 is 1.04 bits per heavy atom. The molecule has 126 valence electrons. The molecule has 0 fully saturated rings. The first-order valence-electron chi connectivity index (χ1n) is 7.78. The Balaban J connectivity index is 1.58. The van der Waals surface area contributed by atoms with Crippen molar-refractivity contribution in [1.82, 2.24) is 9.97 Å². The zero-order chi connectivity index (χ0) is 17.6. The standard InChI is InChI=1S/C19H17FN4O/c1-13-10-21-12-18(23-13)22-11-14-2-8-17(9-3-14)24-19(25)15-4-6-16(20)7-5-15/h2-10,12H,11H2,1H3,(H,22,23)(H,24,25). The maximum absolute atomic E-state index is 12.9. The topological polar surface area (TPSA) is 66.9 Å². The number of hydrogen-bond acceptors (Lipinski definition) is 4. The largest absolute Gasteiger partial charge is 0.365 e. The van der Waals surface area contributed by atoms with E-state index in [9.17, 15) is 9.18 Å². The van der Waals surface area contributed by atoms with Crippen molar-refractivity contribution in [2.24, 2.45) is 0 Å². The first-order valence-corrected chi connectivity index (χ1v) is 7.78. The molecular formula is C19H17FN4O. The van der Waals surface area contributed by atoms with Gasteiger partial charge in [0.05, 0.1) is 11.9 Å². The first kappa shape index (κ1) is 16.6. The van der Waals surface area contributed by atoms with Gasteiger partial charge in [-0.1, -0.05) is 12.1 Å². The molecule has 0 unspecified atom stereocenters. The summed E-state index contributed by atoms with van der Waals surface area (Å²) >= 11 is 0. The summed E-state index contributed by atoms with van der Waals surface area (Å²) in [7, 11) is 0. The van der Waals surface area contributed by atoms with Crippen molar-refractivity contribution in [3.63, 3.8) is 0 Å². The molecule has 0 spiro atoms. The Kier molecular flexibility index (Phi) is 4.99. The molecule has 0 atom stereocenters. The number of nitrogens with zero attached hydrogens (tertiary/aromatic N) is 2. The van der Waals surface area contributed by atoms with E-state index in [2.05, 4.69) is 20.6 Å². The van der Waals surface area contributed by atoms with E-state index in [0.717, 1.165) is 11.3 Å². The summed E-state index contributed by atoms with van der Waals surface area (Å²) in [5.41, 5.74) is 2.98. The summed E-state index contributed by atoms with van der Waals surface area (Å²) in [5, 5.41) is 5.98. The van der Waals surface area contributed by atoms with Crippen molar-refractivity contribution >= 4 is 17.4 Å². The molecule has 0 aliphatic heterocycles. The molecule has 6 heteroatoms. The SMILES string of the molecule is Cc1cncc(NCc2ccc(NC(=O)c3ccc(F)cc3)cc2)n1. The minimum Gasteiger partial charge on any atom is -0.365 e. The minimum absolute atomic E-state index is 0.277. The molecule has 0 bridgehead atoms. The predicted octanol–water partition coefficient (Wildman–Crippen LogP) is 3.79. The smallest absolute Gasteiger partial charge is 0.255 e. The molecule has 0 aliphatic carbocycles. The lowest BCUT2D eigenvalue weighted by Crippen LogP contribution is -2.11. The molecule has 25 heavy (non-hydrogen) atoms. The van der Waals surface area contributed by atoms with Gasteiger partial charge >= 0.3 is 0 Å². The summed E-state index contributed by atoms with van der Waals surface area (Å²) in [6.45, 7) is 2.49. The van der Waals surface area contributed by atoms with Gasteiger partial charge in [0.25, 0.3) is 5.91 Å². The Morgan fingerprint density at radius 3 is 2.44 bits per heavy atom. The van der Waals surface area contributed by atoms with E-state index in [0.29, 0.717) is 23.6 Å². The number of carbonyl (C=O) groups is 1. The highest BCUT2D eigenvalue weighted by Crippen LogP contribution is 2.13. The fraction of sp³-hybridized carbons (Fsp3) is 0.105. The maximum Gasteiger partial charge on any atom is 0.255 e. The van der Waals surface area contributed by atoms with Crippen molar-refractivity contribution in [3.8, 4) is 0 Å². The van der Waals surface area contributed by atoms with E-state index in [1.807, 2.05) is 31.2 Å². The van der Waals surface area contributed by atoms with E-state index >= 15 is 0 Å². The van der Waals surface area contributed by atoms with E-state index in [1.54, 1.807) is 12.4 Å². The number of hydrogen-bond donors (Lipinski definition) is 2. The van der Waals surface area contributed by atoms with Crippen LogP contribution in [0.3, 0.4) is 0 Å². The highest BCUT2D eigenvalue weighted by molar-refractivity contribution is 6.04. The van der Waals surface area contributed by atoms with Crippen LogP contribution in [0, 0.1) is 12.7 Å². The molecule has 0 saturated carbocycles. The number of aromatic nitrogens is 2. The summed E-state index contributed by atoms with van der Waals surface area (Å²) in [6, 6.07) is 12.9. The summed E-state index contributed by atoms with van der Waals surface area (Å²) in [5.74, 6) is 0.0706. The van der Waals surface area contributed by atoms with Gasteiger partial charge in [-0.05, 0) is 48.9 Å². The second kappa shape index (κ2) is 7.53. The predicted molar refractivity (Wildman–Crippen MR) is 94.9 cm³/mol. The lowest BCUT2D eigenvalue weighted by molar-refractivity contribution is 0.102. The molecule has 2 aromatic carbocycles. The molecular weight excluding hydrogens is 319 g/mol. The van der Waals surface area contributed by atoms with Crippen LogP contribution in [-0.4, -0.2) is 15.9 Å². The van der Waals surface area contributed by atoms with Gasteiger partial charge in [0.15, 0.2) is 0 Å². The molecule has 2 N–H and O–H groups in total. The van der Waals surface area contributed by atoms with Crippen LogP contribution in [0.5, 0.6) is 0 Å². The van der Waals surface area contributed by atoms with Gasteiger partial charge in [0.1, 0.15) is 11.6 Å². The molecule has 0 aliphatic rings. The number of amides is 1. The normalized spacial score (nSPS) is 10.3.